The van der Waals surface area contributed by atoms with Crippen molar-refractivity contribution in [2.75, 3.05) is 6.54 Å². The maximum Gasteiger partial charge on any atom is 0.219 e. The van der Waals surface area contributed by atoms with E-state index in [1.807, 2.05) is 41.3 Å². The number of amides is 1. The summed E-state index contributed by atoms with van der Waals surface area (Å²) in [6.07, 6.45) is 2.12. The van der Waals surface area contributed by atoms with Gasteiger partial charge in [0.05, 0.1) is 0 Å². The van der Waals surface area contributed by atoms with Crippen molar-refractivity contribution in [3.63, 3.8) is 0 Å². The molecule has 2 aromatic rings. The summed E-state index contributed by atoms with van der Waals surface area (Å²) in [5.74, 6) is 0.850. The van der Waals surface area contributed by atoms with Crippen molar-refractivity contribution in [1.29, 1.82) is 0 Å². The molecular weight excluding hydrogens is 301 g/mol. The second-order valence-electron chi connectivity index (χ2n) is 6.27. The van der Waals surface area contributed by atoms with Gasteiger partial charge in [-0.2, -0.15) is 0 Å². The molecule has 1 aliphatic rings. The van der Waals surface area contributed by atoms with Crippen LogP contribution in [0, 0.1) is 5.92 Å². The minimum absolute atomic E-state index is 0.213. The molecule has 3 rings (SSSR count). The number of hydrogen-bond donors (Lipinski definition) is 0. The summed E-state index contributed by atoms with van der Waals surface area (Å²) in [7, 11) is 2.63. The highest BCUT2D eigenvalue weighted by Gasteiger charge is 2.30. The fourth-order valence-corrected chi connectivity index (χ4v) is 3.29. The van der Waals surface area contributed by atoms with Crippen LogP contribution in [0.1, 0.15) is 25.8 Å². The highest BCUT2D eigenvalue weighted by Crippen LogP contribution is 2.25. The first-order valence-corrected chi connectivity index (χ1v) is 8.75. The van der Waals surface area contributed by atoms with Crippen molar-refractivity contribution >= 4 is 20.5 Å². The summed E-state index contributed by atoms with van der Waals surface area (Å²) in [5, 5.41) is 1.24. The molecule has 3 atom stereocenters. The lowest BCUT2D eigenvalue weighted by atomic mass is 10.0. The Labute approximate surface area is 142 Å². The molecule has 0 aromatic heterocycles. The first-order valence-electron chi connectivity index (χ1n) is 8.18. The van der Waals surface area contributed by atoms with E-state index in [4.69, 9.17) is 0 Å². The van der Waals surface area contributed by atoms with Crippen LogP contribution < -0.4 is 5.30 Å². The molecule has 1 unspecified atom stereocenters. The topological polar surface area (TPSA) is 20.3 Å². The zero-order valence-electron chi connectivity index (χ0n) is 14.0. The van der Waals surface area contributed by atoms with Crippen LogP contribution in [0.2, 0.25) is 0 Å². The van der Waals surface area contributed by atoms with E-state index in [0.29, 0.717) is 12.0 Å². The van der Waals surface area contributed by atoms with E-state index in [9.17, 15) is 4.79 Å². The number of rotatable bonds is 2. The molecule has 2 aromatic carbocycles. The van der Waals surface area contributed by atoms with Gasteiger partial charge in [0, 0.05) is 19.5 Å². The van der Waals surface area contributed by atoms with Crippen LogP contribution in [0.15, 0.2) is 60.7 Å². The van der Waals surface area contributed by atoms with E-state index in [-0.39, 0.29) is 5.91 Å². The summed E-state index contributed by atoms with van der Waals surface area (Å²) >= 11 is 0. The summed E-state index contributed by atoms with van der Waals surface area (Å²) in [6.45, 7) is 4.82. The van der Waals surface area contributed by atoms with Gasteiger partial charge in [-0.15, -0.1) is 9.24 Å². The Bertz CT molecular complexity index is 600. The molecule has 0 bridgehead atoms. The Morgan fingerprint density at radius 1 is 1.09 bits per heavy atom. The number of hydrogen-bond acceptors (Lipinski definition) is 1. The molecule has 1 fully saturated rings. The first-order chi connectivity index (χ1) is 11.1. The van der Waals surface area contributed by atoms with Gasteiger partial charge >= 0.3 is 0 Å². The zero-order chi connectivity index (χ0) is 16.7. The van der Waals surface area contributed by atoms with Crippen molar-refractivity contribution in [2.45, 2.75) is 32.7 Å². The van der Waals surface area contributed by atoms with Gasteiger partial charge in [-0.05, 0) is 29.6 Å². The third-order valence-electron chi connectivity index (χ3n) is 4.14. The third-order valence-corrected chi connectivity index (χ3v) is 4.53. The predicted molar refractivity (Wildman–Crippen MR) is 101 cm³/mol. The van der Waals surface area contributed by atoms with Gasteiger partial charge in [0.1, 0.15) is 0 Å². The van der Waals surface area contributed by atoms with Crippen molar-refractivity contribution in [2.24, 2.45) is 5.92 Å². The molecule has 0 saturated carbocycles. The molecule has 0 N–H and O–H groups in total. The summed E-state index contributed by atoms with van der Waals surface area (Å²) in [6, 6.07) is 21.0. The molecule has 1 aliphatic heterocycles. The molecule has 2 nitrogen and oxygen atoms in total. The quantitative estimate of drug-likeness (QED) is 0.771. The molecule has 0 aliphatic carbocycles. The van der Waals surface area contributed by atoms with E-state index >= 15 is 0 Å². The summed E-state index contributed by atoms with van der Waals surface area (Å²) in [5.41, 5.74) is 1.33. The van der Waals surface area contributed by atoms with Gasteiger partial charge < -0.3 is 4.90 Å². The van der Waals surface area contributed by atoms with Crippen LogP contribution in [0.25, 0.3) is 0 Å². The molecular formula is C20H26NOP. The van der Waals surface area contributed by atoms with Gasteiger partial charge in [-0.25, -0.2) is 0 Å². The SMILES string of the molecule is CC(=O)N1C[C@@H](C)C[C@H]1Cc1ccccc1.Pc1ccccc1. The highest BCUT2D eigenvalue weighted by atomic mass is 31.0. The third kappa shape index (κ3) is 5.80. The summed E-state index contributed by atoms with van der Waals surface area (Å²) in [4.78, 5) is 13.5. The smallest absolute Gasteiger partial charge is 0.219 e. The average molecular weight is 327 g/mol. The van der Waals surface area contributed by atoms with Crippen LogP contribution >= 0.6 is 9.24 Å². The summed E-state index contributed by atoms with van der Waals surface area (Å²) < 4.78 is 0. The van der Waals surface area contributed by atoms with E-state index < -0.39 is 0 Å². The number of likely N-dealkylation sites (tertiary alicyclic amines) is 1. The highest BCUT2D eigenvalue weighted by molar-refractivity contribution is 7.27. The van der Waals surface area contributed by atoms with Crippen LogP contribution in [0.4, 0.5) is 0 Å². The van der Waals surface area contributed by atoms with Crippen molar-refractivity contribution in [1.82, 2.24) is 4.90 Å². The van der Waals surface area contributed by atoms with E-state index in [1.165, 1.54) is 10.9 Å². The van der Waals surface area contributed by atoms with Gasteiger partial charge in [0.25, 0.3) is 0 Å². The molecule has 0 spiro atoms. The fourth-order valence-electron chi connectivity index (χ4n) is 3.07. The number of benzene rings is 2. The lowest BCUT2D eigenvalue weighted by Crippen LogP contribution is -2.35. The standard InChI is InChI=1S/C14H19NO.C6H7P/c1-11-8-14(15(10-11)12(2)16)9-13-6-4-3-5-7-13;7-6-4-2-1-3-5-6/h3-7,11,14H,8-10H2,1-2H3;1-5H,7H2/t11-,14-;/m0./s1. The molecule has 1 saturated heterocycles. The van der Waals surface area contributed by atoms with Crippen LogP contribution in [0.3, 0.4) is 0 Å². The second kappa shape index (κ2) is 8.84. The fraction of sp³-hybridized carbons (Fsp3) is 0.350. The Kier molecular flexibility index (Phi) is 6.80. The van der Waals surface area contributed by atoms with Crippen LogP contribution in [0.5, 0.6) is 0 Å². The van der Waals surface area contributed by atoms with E-state index in [2.05, 4.69) is 40.4 Å². The molecule has 0 radical (unpaired) electrons. The Hall–Kier alpha value is -1.66. The Morgan fingerprint density at radius 2 is 1.65 bits per heavy atom. The van der Waals surface area contributed by atoms with E-state index in [0.717, 1.165) is 19.4 Å². The van der Waals surface area contributed by atoms with Crippen molar-refractivity contribution in [3.8, 4) is 0 Å². The van der Waals surface area contributed by atoms with Crippen molar-refractivity contribution < 1.29 is 4.79 Å². The van der Waals surface area contributed by atoms with Crippen LogP contribution in [-0.4, -0.2) is 23.4 Å². The lowest BCUT2D eigenvalue weighted by molar-refractivity contribution is -0.129. The van der Waals surface area contributed by atoms with Crippen LogP contribution in [-0.2, 0) is 11.2 Å². The largest absolute Gasteiger partial charge is 0.339 e. The minimum Gasteiger partial charge on any atom is -0.339 e. The molecule has 122 valence electrons. The van der Waals surface area contributed by atoms with Crippen molar-refractivity contribution in [3.05, 3.63) is 66.2 Å². The molecule has 1 heterocycles. The second-order valence-corrected chi connectivity index (χ2v) is 6.93. The average Bonchev–Trinajstić information content (AvgIpc) is 2.90. The minimum atomic E-state index is 0.213. The first kappa shape index (κ1) is 17.7. The van der Waals surface area contributed by atoms with Gasteiger partial charge in [0.15, 0.2) is 0 Å². The normalized spacial score (nSPS) is 19.9. The number of carbonyl (C=O) groups excluding carboxylic acids is 1. The van der Waals surface area contributed by atoms with Gasteiger partial charge in [-0.1, -0.05) is 67.6 Å². The zero-order valence-corrected chi connectivity index (χ0v) is 15.1. The number of nitrogens with zero attached hydrogens (tertiary/aromatic N) is 1. The van der Waals surface area contributed by atoms with E-state index in [1.54, 1.807) is 6.92 Å². The lowest BCUT2D eigenvalue weighted by Gasteiger charge is -2.23. The maximum atomic E-state index is 11.5. The Balaban J connectivity index is 0.000000229. The molecule has 3 heteroatoms. The Morgan fingerprint density at radius 3 is 2.13 bits per heavy atom. The monoisotopic (exact) mass is 327 g/mol. The van der Waals surface area contributed by atoms with Gasteiger partial charge in [0.2, 0.25) is 5.91 Å². The maximum absolute atomic E-state index is 11.5. The van der Waals surface area contributed by atoms with Gasteiger partial charge in [-0.3, -0.25) is 4.79 Å². The molecule has 1 amide bonds. The molecule has 23 heavy (non-hydrogen) atoms. The predicted octanol–water partition coefficient (Wildman–Crippen LogP) is 3.67. The number of carbonyl (C=O) groups is 1.